The minimum absolute atomic E-state index is 0.0507. The Morgan fingerprint density at radius 3 is 3.06 bits per heavy atom. The molecule has 1 saturated heterocycles. The van der Waals surface area contributed by atoms with Crippen LogP contribution in [0.25, 0.3) is 0 Å². The van der Waals surface area contributed by atoms with Crippen molar-refractivity contribution in [3.63, 3.8) is 0 Å². The summed E-state index contributed by atoms with van der Waals surface area (Å²) in [6.07, 6.45) is 5.90. The van der Waals surface area contributed by atoms with Gasteiger partial charge in [-0.3, -0.25) is 15.3 Å². The summed E-state index contributed by atoms with van der Waals surface area (Å²) >= 11 is 0. The number of amidine groups is 1. The standard InChI is InChI=1S/C13H18N4/c14-13(15)12-6-10(3-4-16-12)8-17-7-9-1-2-11(17)5-9/h3-4,6,9,11H,1-2,5,7-8H2,(H3,14,15). The van der Waals surface area contributed by atoms with Crippen molar-refractivity contribution in [2.45, 2.75) is 31.8 Å². The van der Waals surface area contributed by atoms with Crippen LogP contribution in [0.2, 0.25) is 0 Å². The molecule has 2 atom stereocenters. The fourth-order valence-electron chi connectivity index (χ4n) is 3.17. The quantitative estimate of drug-likeness (QED) is 0.608. The van der Waals surface area contributed by atoms with Gasteiger partial charge in [-0.1, -0.05) is 0 Å². The molecular weight excluding hydrogens is 212 g/mol. The molecule has 0 amide bonds. The van der Waals surface area contributed by atoms with Gasteiger partial charge >= 0.3 is 0 Å². The van der Waals surface area contributed by atoms with Gasteiger partial charge in [-0.05, 0) is 42.9 Å². The van der Waals surface area contributed by atoms with E-state index in [0.717, 1.165) is 18.5 Å². The summed E-state index contributed by atoms with van der Waals surface area (Å²) in [5.41, 5.74) is 7.27. The maximum Gasteiger partial charge on any atom is 0.141 e. The number of aromatic nitrogens is 1. The summed E-state index contributed by atoms with van der Waals surface area (Å²) < 4.78 is 0. The van der Waals surface area contributed by atoms with E-state index in [2.05, 4.69) is 9.88 Å². The van der Waals surface area contributed by atoms with Crippen LogP contribution in [0.5, 0.6) is 0 Å². The lowest BCUT2D eigenvalue weighted by atomic mass is 10.1. The van der Waals surface area contributed by atoms with E-state index in [1.807, 2.05) is 12.1 Å². The largest absolute Gasteiger partial charge is 0.382 e. The van der Waals surface area contributed by atoms with E-state index >= 15 is 0 Å². The number of nitrogens with two attached hydrogens (primary N) is 1. The van der Waals surface area contributed by atoms with Crippen LogP contribution in [0.4, 0.5) is 0 Å². The van der Waals surface area contributed by atoms with E-state index in [-0.39, 0.29) is 5.84 Å². The van der Waals surface area contributed by atoms with Crippen molar-refractivity contribution in [1.29, 1.82) is 5.41 Å². The van der Waals surface area contributed by atoms with E-state index < -0.39 is 0 Å². The monoisotopic (exact) mass is 230 g/mol. The number of likely N-dealkylation sites (tertiary alicyclic amines) is 1. The topological polar surface area (TPSA) is 66.0 Å². The average Bonchev–Trinajstić information content (AvgIpc) is 2.91. The predicted molar refractivity (Wildman–Crippen MR) is 66.8 cm³/mol. The number of piperidine rings is 1. The van der Waals surface area contributed by atoms with E-state index in [1.165, 1.54) is 31.4 Å². The first-order valence-electron chi connectivity index (χ1n) is 6.26. The van der Waals surface area contributed by atoms with E-state index in [9.17, 15) is 0 Å². The molecule has 2 fully saturated rings. The summed E-state index contributed by atoms with van der Waals surface area (Å²) in [6, 6.07) is 4.75. The average molecular weight is 230 g/mol. The Balaban J connectivity index is 1.73. The van der Waals surface area contributed by atoms with Crippen molar-refractivity contribution < 1.29 is 0 Å². The van der Waals surface area contributed by atoms with Gasteiger partial charge in [0.25, 0.3) is 0 Å². The van der Waals surface area contributed by atoms with Crippen molar-refractivity contribution in [1.82, 2.24) is 9.88 Å². The van der Waals surface area contributed by atoms with Gasteiger partial charge in [-0.15, -0.1) is 0 Å². The van der Waals surface area contributed by atoms with Gasteiger partial charge in [0.15, 0.2) is 0 Å². The maximum absolute atomic E-state index is 7.40. The first kappa shape index (κ1) is 10.7. The minimum atomic E-state index is 0.0507. The molecule has 1 aromatic heterocycles. The van der Waals surface area contributed by atoms with Crippen molar-refractivity contribution in [2.24, 2.45) is 11.7 Å². The van der Waals surface area contributed by atoms with Crippen LogP contribution in [0.3, 0.4) is 0 Å². The molecule has 4 heteroatoms. The number of pyridine rings is 1. The van der Waals surface area contributed by atoms with Gasteiger partial charge in [0.1, 0.15) is 11.5 Å². The lowest BCUT2D eigenvalue weighted by Crippen LogP contribution is -2.31. The molecule has 2 heterocycles. The van der Waals surface area contributed by atoms with Crippen LogP contribution in [-0.4, -0.2) is 28.3 Å². The number of hydrogen-bond acceptors (Lipinski definition) is 3. The number of fused-ring (bicyclic) bond motifs is 2. The molecule has 2 aliphatic rings. The molecule has 1 aliphatic carbocycles. The fraction of sp³-hybridized carbons (Fsp3) is 0.538. The van der Waals surface area contributed by atoms with Crippen LogP contribution < -0.4 is 5.73 Å². The van der Waals surface area contributed by atoms with Crippen LogP contribution in [0.15, 0.2) is 18.3 Å². The fourth-order valence-corrected chi connectivity index (χ4v) is 3.17. The van der Waals surface area contributed by atoms with Crippen molar-refractivity contribution in [2.75, 3.05) is 6.54 Å². The third kappa shape index (κ3) is 2.05. The molecule has 90 valence electrons. The van der Waals surface area contributed by atoms with Crippen LogP contribution in [0, 0.1) is 11.3 Å². The van der Waals surface area contributed by atoms with Crippen LogP contribution in [0.1, 0.15) is 30.5 Å². The molecule has 3 N–H and O–H groups in total. The summed E-state index contributed by atoms with van der Waals surface area (Å²) in [4.78, 5) is 6.66. The van der Waals surface area contributed by atoms with Gasteiger partial charge in [-0.2, -0.15) is 0 Å². The van der Waals surface area contributed by atoms with Crippen molar-refractivity contribution in [3.8, 4) is 0 Å². The van der Waals surface area contributed by atoms with Crippen LogP contribution in [-0.2, 0) is 6.54 Å². The first-order valence-corrected chi connectivity index (χ1v) is 6.26. The Bertz CT molecular complexity index is 443. The Labute approximate surface area is 101 Å². The minimum Gasteiger partial charge on any atom is -0.382 e. The maximum atomic E-state index is 7.40. The van der Waals surface area contributed by atoms with Crippen molar-refractivity contribution >= 4 is 5.84 Å². The third-order valence-electron chi connectivity index (χ3n) is 4.01. The molecule has 1 saturated carbocycles. The van der Waals surface area contributed by atoms with E-state index in [0.29, 0.717) is 5.69 Å². The Morgan fingerprint density at radius 1 is 1.53 bits per heavy atom. The van der Waals surface area contributed by atoms with Gasteiger partial charge in [0.2, 0.25) is 0 Å². The molecular formula is C13H18N4. The highest BCUT2D eigenvalue weighted by Crippen LogP contribution is 2.37. The summed E-state index contributed by atoms with van der Waals surface area (Å²) in [5, 5.41) is 7.40. The highest BCUT2D eigenvalue weighted by Gasteiger charge is 2.37. The number of nitrogens with one attached hydrogen (secondary N) is 1. The van der Waals surface area contributed by atoms with Gasteiger partial charge in [0, 0.05) is 25.3 Å². The Kier molecular flexibility index (Phi) is 2.59. The van der Waals surface area contributed by atoms with Crippen LogP contribution >= 0.6 is 0 Å². The number of rotatable bonds is 3. The highest BCUT2D eigenvalue weighted by molar-refractivity contribution is 5.93. The van der Waals surface area contributed by atoms with Gasteiger partial charge in [-0.25, -0.2) is 0 Å². The third-order valence-corrected chi connectivity index (χ3v) is 4.01. The molecule has 1 aliphatic heterocycles. The summed E-state index contributed by atoms with van der Waals surface area (Å²) in [6.45, 7) is 2.21. The zero-order chi connectivity index (χ0) is 11.8. The molecule has 0 aromatic carbocycles. The second kappa shape index (κ2) is 4.11. The molecule has 2 bridgehead atoms. The number of nitrogens with zero attached hydrogens (tertiary/aromatic N) is 2. The second-order valence-electron chi connectivity index (χ2n) is 5.23. The van der Waals surface area contributed by atoms with E-state index in [4.69, 9.17) is 11.1 Å². The number of nitrogen functional groups attached to an aromatic ring is 1. The molecule has 4 nitrogen and oxygen atoms in total. The Morgan fingerprint density at radius 2 is 2.41 bits per heavy atom. The Hall–Kier alpha value is -1.42. The summed E-state index contributed by atoms with van der Waals surface area (Å²) in [5.74, 6) is 0.976. The molecule has 1 aromatic rings. The normalized spacial score (nSPS) is 27.5. The second-order valence-corrected chi connectivity index (χ2v) is 5.23. The van der Waals surface area contributed by atoms with E-state index in [1.54, 1.807) is 6.20 Å². The molecule has 0 radical (unpaired) electrons. The zero-order valence-electron chi connectivity index (χ0n) is 9.89. The first-order chi connectivity index (χ1) is 8.22. The lowest BCUT2D eigenvalue weighted by molar-refractivity contribution is 0.205. The van der Waals surface area contributed by atoms with Crippen molar-refractivity contribution in [3.05, 3.63) is 29.6 Å². The SMILES string of the molecule is N=C(N)c1cc(CN2CC3CCC2C3)ccn1. The zero-order valence-corrected chi connectivity index (χ0v) is 9.89. The predicted octanol–water partition coefficient (Wildman–Crippen LogP) is 1.35. The smallest absolute Gasteiger partial charge is 0.141 e. The molecule has 17 heavy (non-hydrogen) atoms. The lowest BCUT2D eigenvalue weighted by Gasteiger charge is -2.26. The summed E-state index contributed by atoms with van der Waals surface area (Å²) in [7, 11) is 0. The van der Waals surface area contributed by atoms with Gasteiger partial charge < -0.3 is 5.73 Å². The number of hydrogen-bond donors (Lipinski definition) is 2. The van der Waals surface area contributed by atoms with Gasteiger partial charge in [0.05, 0.1) is 0 Å². The highest BCUT2D eigenvalue weighted by atomic mass is 15.2. The molecule has 3 rings (SSSR count). The molecule has 2 unspecified atom stereocenters. The molecule has 0 spiro atoms.